The van der Waals surface area contributed by atoms with E-state index in [1.165, 1.54) is 28.0 Å². The maximum Gasteiger partial charge on any atom is 0.267 e. The van der Waals surface area contributed by atoms with E-state index in [2.05, 4.69) is 4.90 Å². The van der Waals surface area contributed by atoms with Gasteiger partial charge >= 0.3 is 0 Å². The number of hydrogen-bond acceptors (Lipinski definition) is 6. The highest BCUT2D eigenvalue weighted by Gasteiger charge is 2.28. The van der Waals surface area contributed by atoms with Crippen molar-refractivity contribution >= 4 is 27.7 Å². The number of rotatable bonds is 6. The molecule has 154 valence electrons. The lowest BCUT2D eigenvalue weighted by Crippen LogP contribution is -2.48. The number of anilines is 1. The number of nitrogens with zero attached hydrogens (tertiary/aromatic N) is 2. The molecular weight excluding hydrogens is 394 g/mol. The number of piperazine rings is 1. The fourth-order valence-electron chi connectivity index (χ4n) is 3.10. The van der Waals surface area contributed by atoms with Crippen LogP contribution in [0.2, 0.25) is 0 Å². The van der Waals surface area contributed by atoms with Crippen molar-refractivity contribution in [2.45, 2.75) is 4.90 Å². The van der Waals surface area contributed by atoms with Gasteiger partial charge in [-0.15, -0.1) is 0 Å². The highest BCUT2D eigenvalue weighted by atomic mass is 32.2. The zero-order valence-electron chi connectivity index (χ0n) is 16.0. The Hall–Kier alpha value is -2.88. The van der Waals surface area contributed by atoms with E-state index in [-0.39, 0.29) is 4.90 Å². The van der Waals surface area contributed by atoms with Gasteiger partial charge in [-0.05, 0) is 35.9 Å². The Morgan fingerprint density at radius 2 is 1.79 bits per heavy atom. The maximum atomic E-state index is 12.9. The summed E-state index contributed by atoms with van der Waals surface area (Å²) in [7, 11) is -1.98. The number of nitrogens with one attached hydrogen (secondary N) is 1. The molecule has 29 heavy (non-hydrogen) atoms. The van der Waals surface area contributed by atoms with Crippen LogP contribution in [0.4, 0.5) is 5.69 Å². The van der Waals surface area contributed by atoms with Crippen molar-refractivity contribution in [1.82, 2.24) is 9.79 Å². The molecule has 1 aliphatic rings. The summed E-state index contributed by atoms with van der Waals surface area (Å²) in [6.07, 6.45) is 2.64. The fourth-order valence-corrected chi connectivity index (χ4v) is 4.53. The fraction of sp³-hybridized carbons (Fsp3) is 0.250. The number of benzene rings is 2. The molecule has 0 unspecified atom stereocenters. The number of amides is 1. The summed E-state index contributed by atoms with van der Waals surface area (Å²) < 4.78 is 32.6. The molecule has 1 fully saturated rings. The van der Waals surface area contributed by atoms with E-state index in [1.54, 1.807) is 19.2 Å². The number of methoxy groups -OCH3 is 1. The van der Waals surface area contributed by atoms with Crippen LogP contribution in [0.15, 0.2) is 59.5 Å². The minimum atomic E-state index is -3.59. The molecule has 0 bridgehead atoms. The molecule has 0 saturated carbocycles. The molecule has 0 spiro atoms. The summed E-state index contributed by atoms with van der Waals surface area (Å²) in [6.45, 7) is 1.95. The van der Waals surface area contributed by atoms with Gasteiger partial charge in [0.25, 0.3) is 5.91 Å². The molecule has 2 aromatic carbocycles. The number of hydroxylamine groups is 1. The van der Waals surface area contributed by atoms with Gasteiger partial charge in [-0.25, -0.2) is 13.9 Å². The van der Waals surface area contributed by atoms with Crippen LogP contribution in [0.1, 0.15) is 5.56 Å². The van der Waals surface area contributed by atoms with Crippen molar-refractivity contribution in [2.24, 2.45) is 0 Å². The summed E-state index contributed by atoms with van der Waals surface area (Å²) in [4.78, 5) is 13.4. The lowest BCUT2D eigenvalue weighted by Gasteiger charge is -2.35. The van der Waals surface area contributed by atoms with Gasteiger partial charge in [-0.1, -0.05) is 18.2 Å². The summed E-state index contributed by atoms with van der Waals surface area (Å²) in [6, 6.07) is 14.0. The third-order valence-corrected chi connectivity index (χ3v) is 6.63. The van der Waals surface area contributed by atoms with Gasteiger partial charge in [-0.2, -0.15) is 4.31 Å². The van der Waals surface area contributed by atoms with Gasteiger partial charge in [-0.3, -0.25) is 10.0 Å². The second-order valence-electron chi connectivity index (χ2n) is 6.47. The van der Waals surface area contributed by atoms with Crippen LogP contribution in [-0.4, -0.2) is 57.1 Å². The third kappa shape index (κ3) is 4.94. The van der Waals surface area contributed by atoms with Gasteiger partial charge in [0.05, 0.1) is 12.0 Å². The van der Waals surface area contributed by atoms with Crippen molar-refractivity contribution < 1.29 is 23.2 Å². The van der Waals surface area contributed by atoms with Gasteiger partial charge in [0.15, 0.2) is 0 Å². The minimum Gasteiger partial charge on any atom is -0.497 e. The highest BCUT2D eigenvalue weighted by Crippen LogP contribution is 2.24. The van der Waals surface area contributed by atoms with E-state index in [0.29, 0.717) is 31.7 Å². The number of sulfonamides is 1. The van der Waals surface area contributed by atoms with Crippen LogP contribution >= 0.6 is 0 Å². The van der Waals surface area contributed by atoms with Crippen molar-refractivity contribution in [3.63, 3.8) is 0 Å². The molecule has 2 N–H and O–H groups in total. The first-order chi connectivity index (χ1) is 13.9. The normalized spacial score (nSPS) is 15.4. The molecule has 1 aliphatic heterocycles. The Bertz CT molecular complexity index is 981. The third-order valence-electron chi connectivity index (χ3n) is 4.71. The van der Waals surface area contributed by atoms with E-state index in [9.17, 15) is 13.2 Å². The lowest BCUT2D eigenvalue weighted by molar-refractivity contribution is -0.124. The monoisotopic (exact) mass is 417 g/mol. The first kappa shape index (κ1) is 20.8. The Morgan fingerprint density at radius 3 is 2.41 bits per heavy atom. The molecular formula is C20H23N3O5S. The Kier molecular flexibility index (Phi) is 6.53. The van der Waals surface area contributed by atoms with Crippen molar-refractivity contribution in [1.29, 1.82) is 0 Å². The molecule has 1 heterocycles. The second-order valence-corrected chi connectivity index (χ2v) is 8.41. The molecule has 8 nitrogen and oxygen atoms in total. The lowest BCUT2D eigenvalue weighted by atomic mass is 10.2. The Balaban J connectivity index is 1.66. The maximum absolute atomic E-state index is 12.9. The van der Waals surface area contributed by atoms with Gasteiger partial charge < -0.3 is 9.64 Å². The van der Waals surface area contributed by atoms with E-state index in [4.69, 9.17) is 9.94 Å². The first-order valence-electron chi connectivity index (χ1n) is 9.05. The number of ether oxygens (including phenoxy) is 1. The van der Waals surface area contributed by atoms with Gasteiger partial charge in [0.1, 0.15) is 5.75 Å². The largest absolute Gasteiger partial charge is 0.497 e. The molecule has 3 rings (SSSR count). The number of carbonyl (C=O) groups is 1. The second kappa shape index (κ2) is 9.08. The highest BCUT2D eigenvalue weighted by molar-refractivity contribution is 7.89. The first-order valence-corrected chi connectivity index (χ1v) is 10.5. The van der Waals surface area contributed by atoms with Crippen molar-refractivity contribution in [3.05, 3.63) is 60.2 Å². The van der Waals surface area contributed by atoms with E-state index >= 15 is 0 Å². The van der Waals surface area contributed by atoms with Gasteiger partial charge in [0, 0.05) is 44.0 Å². The van der Waals surface area contributed by atoms with Crippen LogP contribution in [0.3, 0.4) is 0 Å². The Morgan fingerprint density at radius 1 is 1.10 bits per heavy atom. The molecule has 2 aromatic rings. The summed E-state index contributed by atoms with van der Waals surface area (Å²) >= 11 is 0. The van der Waals surface area contributed by atoms with Crippen LogP contribution in [0.5, 0.6) is 5.75 Å². The van der Waals surface area contributed by atoms with E-state index in [0.717, 1.165) is 17.5 Å². The molecule has 1 saturated heterocycles. The molecule has 1 amide bonds. The number of hydrogen-bond donors (Lipinski definition) is 2. The van der Waals surface area contributed by atoms with E-state index in [1.807, 2.05) is 24.3 Å². The molecule has 0 radical (unpaired) electrons. The van der Waals surface area contributed by atoms with Crippen molar-refractivity contribution in [2.75, 3.05) is 38.2 Å². The summed E-state index contributed by atoms with van der Waals surface area (Å²) in [5.74, 6) is 0.110. The molecule has 9 heteroatoms. The summed E-state index contributed by atoms with van der Waals surface area (Å²) in [5, 5.41) is 8.48. The predicted molar refractivity (Wildman–Crippen MR) is 109 cm³/mol. The zero-order chi connectivity index (χ0) is 20.9. The Labute approximate surface area is 170 Å². The quantitative estimate of drug-likeness (QED) is 0.422. The van der Waals surface area contributed by atoms with Crippen LogP contribution < -0.4 is 15.1 Å². The molecule has 0 atom stereocenters. The number of carbonyl (C=O) groups excluding carboxylic acids is 1. The van der Waals surface area contributed by atoms with Crippen LogP contribution in [-0.2, 0) is 14.8 Å². The average molecular weight is 417 g/mol. The predicted octanol–water partition coefficient (Wildman–Crippen LogP) is 1.72. The van der Waals surface area contributed by atoms with Crippen molar-refractivity contribution in [3.8, 4) is 5.75 Å². The smallest absolute Gasteiger partial charge is 0.267 e. The topological polar surface area (TPSA) is 99.2 Å². The summed E-state index contributed by atoms with van der Waals surface area (Å²) in [5.41, 5.74) is 3.15. The standard InChI is InChI=1S/C20H23N3O5S/c1-28-18-4-2-3-17(15-18)22-11-13-23(14-12-22)29(26,27)19-8-5-16(6-9-19)7-10-20(24)21-25/h2-10,15,25H,11-14H2,1H3,(H,21,24)/b10-7+. The van der Waals surface area contributed by atoms with E-state index < -0.39 is 15.9 Å². The molecule has 0 aromatic heterocycles. The van der Waals surface area contributed by atoms with Crippen LogP contribution in [0, 0.1) is 0 Å². The minimum absolute atomic E-state index is 0.205. The van der Waals surface area contributed by atoms with Crippen LogP contribution in [0.25, 0.3) is 6.08 Å². The zero-order valence-corrected chi connectivity index (χ0v) is 16.8. The SMILES string of the molecule is COc1cccc(N2CCN(S(=O)(=O)c3ccc(/C=C/C(=O)NO)cc3)CC2)c1. The average Bonchev–Trinajstić information content (AvgIpc) is 2.77. The molecule has 0 aliphatic carbocycles. The van der Waals surface area contributed by atoms with Gasteiger partial charge in [0.2, 0.25) is 10.0 Å².